The molecule has 86 valence electrons. The second-order valence-corrected chi connectivity index (χ2v) is 4.75. The maximum atomic E-state index is 5.31. The van der Waals surface area contributed by atoms with Crippen LogP contribution in [0.5, 0.6) is 0 Å². The van der Waals surface area contributed by atoms with Crippen molar-refractivity contribution in [2.75, 3.05) is 6.54 Å². The number of hydrogen-bond acceptors (Lipinski definition) is 1. The average Bonchev–Trinajstić information content (AvgIpc) is 2.26. The number of likely N-dealkylation sites (N-methyl/N-ethyl adjacent to an activating group) is 1. The fourth-order valence-electron chi connectivity index (χ4n) is 1.77. The summed E-state index contributed by atoms with van der Waals surface area (Å²) in [6, 6.07) is 8.93. The number of rotatable bonds is 6. The van der Waals surface area contributed by atoms with E-state index in [0.717, 1.165) is 30.3 Å². The van der Waals surface area contributed by atoms with E-state index in [4.69, 9.17) is 6.42 Å². The van der Waals surface area contributed by atoms with E-state index in [9.17, 15) is 0 Å². The quantitative estimate of drug-likeness (QED) is 0.788. The first-order valence-corrected chi connectivity index (χ1v) is 6.46. The second kappa shape index (κ2) is 7.49. The van der Waals surface area contributed by atoms with Gasteiger partial charge in [0.15, 0.2) is 0 Å². The van der Waals surface area contributed by atoms with Crippen LogP contribution in [0.15, 0.2) is 28.7 Å². The Kier molecular flexibility index (Phi) is 6.22. The third kappa shape index (κ3) is 4.83. The topological polar surface area (TPSA) is 12.0 Å². The largest absolute Gasteiger partial charge is 0.314 e. The summed E-state index contributed by atoms with van der Waals surface area (Å²) < 4.78 is 1.14. The molecule has 0 aliphatic rings. The van der Waals surface area contributed by atoms with Crippen molar-refractivity contribution < 1.29 is 0 Å². The molecule has 1 N–H and O–H groups in total. The van der Waals surface area contributed by atoms with Gasteiger partial charge < -0.3 is 5.32 Å². The van der Waals surface area contributed by atoms with E-state index in [-0.39, 0.29) is 0 Å². The molecule has 1 aromatic rings. The van der Waals surface area contributed by atoms with Crippen LogP contribution in [0.4, 0.5) is 0 Å². The summed E-state index contributed by atoms with van der Waals surface area (Å²) in [5.74, 6) is 2.70. The van der Waals surface area contributed by atoms with Crippen LogP contribution in [0, 0.1) is 12.3 Å². The van der Waals surface area contributed by atoms with Crippen molar-refractivity contribution in [3.8, 4) is 12.3 Å². The number of nitrogens with one attached hydrogen (secondary N) is 1. The lowest BCUT2D eigenvalue weighted by Gasteiger charge is -2.16. The molecule has 0 fully saturated rings. The fourth-order valence-corrected chi connectivity index (χ4v) is 2.22. The number of halogens is 1. The molecule has 0 saturated heterocycles. The smallest absolute Gasteiger partial charge is 0.0178 e. The summed E-state index contributed by atoms with van der Waals surface area (Å²) in [5.41, 5.74) is 1.34. The molecule has 0 bridgehead atoms. The molecule has 1 nitrogen and oxygen atoms in total. The summed E-state index contributed by atoms with van der Waals surface area (Å²) in [5, 5.41) is 3.47. The zero-order chi connectivity index (χ0) is 11.8. The lowest BCUT2D eigenvalue weighted by Crippen LogP contribution is -2.30. The van der Waals surface area contributed by atoms with Crippen molar-refractivity contribution in [1.82, 2.24) is 5.32 Å². The monoisotopic (exact) mass is 279 g/mol. The Bertz CT molecular complexity index is 354. The first-order valence-electron chi connectivity index (χ1n) is 5.67. The van der Waals surface area contributed by atoms with Gasteiger partial charge >= 0.3 is 0 Å². The van der Waals surface area contributed by atoms with Gasteiger partial charge in [-0.05, 0) is 37.1 Å². The third-order valence-corrected chi connectivity index (χ3v) is 2.99. The highest BCUT2D eigenvalue weighted by molar-refractivity contribution is 9.10. The van der Waals surface area contributed by atoms with Crippen molar-refractivity contribution in [3.05, 3.63) is 34.3 Å². The standard InChI is InChI=1S/C14H18BrN/c1-3-5-9-14(16-4-2)11-12-7-6-8-13(15)10-12/h1,6-8,10,14,16H,4-5,9,11H2,2H3. The maximum absolute atomic E-state index is 5.31. The Morgan fingerprint density at radius 2 is 2.31 bits per heavy atom. The fraction of sp³-hybridized carbons (Fsp3) is 0.429. The molecule has 16 heavy (non-hydrogen) atoms. The lowest BCUT2D eigenvalue weighted by atomic mass is 10.0. The Hall–Kier alpha value is -0.780. The van der Waals surface area contributed by atoms with Crippen LogP contribution in [-0.2, 0) is 6.42 Å². The van der Waals surface area contributed by atoms with Crippen LogP contribution in [0.1, 0.15) is 25.3 Å². The van der Waals surface area contributed by atoms with Crippen LogP contribution < -0.4 is 5.32 Å². The first kappa shape index (κ1) is 13.3. The van der Waals surface area contributed by atoms with Gasteiger partial charge in [-0.1, -0.05) is 35.0 Å². The molecule has 0 amide bonds. The molecular formula is C14H18BrN. The highest BCUT2D eigenvalue weighted by Gasteiger charge is 2.07. The summed E-state index contributed by atoms with van der Waals surface area (Å²) in [6.07, 6.45) is 8.22. The molecule has 0 aromatic heterocycles. The zero-order valence-electron chi connectivity index (χ0n) is 9.67. The highest BCUT2D eigenvalue weighted by Crippen LogP contribution is 2.14. The van der Waals surface area contributed by atoms with E-state index in [0.29, 0.717) is 6.04 Å². The summed E-state index contributed by atoms with van der Waals surface area (Å²) >= 11 is 3.49. The van der Waals surface area contributed by atoms with Gasteiger partial charge in [0.05, 0.1) is 0 Å². The van der Waals surface area contributed by atoms with Gasteiger partial charge in [0.25, 0.3) is 0 Å². The Balaban J connectivity index is 2.57. The molecule has 0 spiro atoms. The number of terminal acetylenes is 1. The van der Waals surface area contributed by atoms with Crippen LogP contribution >= 0.6 is 15.9 Å². The van der Waals surface area contributed by atoms with Gasteiger partial charge in [-0.2, -0.15) is 0 Å². The number of benzene rings is 1. The van der Waals surface area contributed by atoms with Gasteiger partial charge in [-0.3, -0.25) is 0 Å². The minimum absolute atomic E-state index is 0.482. The van der Waals surface area contributed by atoms with Gasteiger partial charge in [0, 0.05) is 16.9 Å². The number of hydrogen-bond donors (Lipinski definition) is 1. The van der Waals surface area contributed by atoms with Crippen molar-refractivity contribution >= 4 is 15.9 Å². The highest BCUT2D eigenvalue weighted by atomic mass is 79.9. The summed E-state index contributed by atoms with van der Waals surface area (Å²) in [4.78, 5) is 0. The first-order chi connectivity index (χ1) is 7.76. The molecule has 1 unspecified atom stereocenters. The Morgan fingerprint density at radius 1 is 1.50 bits per heavy atom. The Morgan fingerprint density at radius 3 is 2.94 bits per heavy atom. The SMILES string of the molecule is C#CCCC(Cc1cccc(Br)c1)NCC. The van der Waals surface area contributed by atoms with Gasteiger partial charge in [-0.15, -0.1) is 12.3 Å². The van der Waals surface area contributed by atoms with Crippen molar-refractivity contribution in [1.29, 1.82) is 0 Å². The van der Waals surface area contributed by atoms with E-state index >= 15 is 0 Å². The molecule has 0 aliphatic heterocycles. The molecule has 0 aliphatic carbocycles. The molecule has 1 aromatic carbocycles. The second-order valence-electron chi connectivity index (χ2n) is 3.83. The summed E-state index contributed by atoms with van der Waals surface area (Å²) in [7, 11) is 0. The summed E-state index contributed by atoms with van der Waals surface area (Å²) in [6.45, 7) is 3.12. The predicted octanol–water partition coefficient (Wildman–Crippen LogP) is 3.38. The normalized spacial score (nSPS) is 12.1. The van der Waals surface area contributed by atoms with Crippen LogP contribution in [0.2, 0.25) is 0 Å². The molecule has 1 rings (SSSR count). The van der Waals surface area contributed by atoms with Crippen molar-refractivity contribution in [2.45, 2.75) is 32.2 Å². The third-order valence-electron chi connectivity index (χ3n) is 2.50. The predicted molar refractivity (Wildman–Crippen MR) is 73.4 cm³/mol. The molecule has 1 atom stereocenters. The van der Waals surface area contributed by atoms with Gasteiger partial charge in [-0.25, -0.2) is 0 Å². The van der Waals surface area contributed by atoms with E-state index in [1.54, 1.807) is 0 Å². The van der Waals surface area contributed by atoms with Gasteiger partial charge in [0.2, 0.25) is 0 Å². The zero-order valence-corrected chi connectivity index (χ0v) is 11.3. The molecule has 2 heteroatoms. The molecule has 0 saturated carbocycles. The lowest BCUT2D eigenvalue weighted by molar-refractivity contribution is 0.497. The molecule has 0 radical (unpaired) electrons. The van der Waals surface area contributed by atoms with Gasteiger partial charge in [0.1, 0.15) is 0 Å². The maximum Gasteiger partial charge on any atom is 0.0178 e. The minimum Gasteiger partial charge on any atom is -0.314 e. The minimum atomic E-state index is 0.482. The van der Waals surface area contributed by atoms with Crippen LogP contribution in [0.25, 0.3) is 0 Å². The van der Waals surface area contributed by atoms with Crippen LogP contribution in [0.3, 0.4) is 0 Å². The van der Waals surface area contributed by atoms with E-state index < -0.39 is 0 Å². The Labute approximate surface area is 107 Å². The van der Waals surface area contributed by atoms with Crippen molar-refractivity contribution in [3.63, 3.8) is 0 Å². The molecular weight excluding hydrogens is 262 g/mol. The van der Waals surface area contributed by atoms with E-state index in [1.165, 1.54) is 5.56 Å². The van der Waals surface area contributed by atoms with E-state index in [1.807, 2.05) is 6.07 Å². The average molecular weight is 280 g/mol. The van der Waals surface area contributed by atoms with E-state index in [2.05, 4.69) is 52.3 Å². The van der Waals surface area contributed by atoms with Crippen LogP contribution in [-0.4, -0.2) is 12.6 Å². The van der Waals surface area contributed by atoms with Crippen molar-refractivity contribution in [2.24, 2.45) is 0 Å². The molecule has 0 heterocycles.